The zero-order chi connectivity index (χ0) is 29.8. The highest BCUT2D eigenvalue weighted by Gasteiger charge is 2.14. The quantitative estimate of drug-likeness (QED) is 0.156. The van der Waals surface area contributed by atoms with Crippen LogP contribution < -0.4 is 40.3 Å². The average Bonchev–Trinajstić information content (AvgIpc) is 3.57. The second-order valence-corrected chi connectivity index (χ2v) is 10.7. The Morgan fingerprint density at radius 2 is 1.36 bits per heavy atom. The van der Waals surface area contributed by atoms with Gasteiger partial charge in [-0.05, 0) is 30.3 Å². The van der Waals surface area contributed by atoms with E-state index in [1.54, 1.807) is 18.5 Å². The lowest BCUT2D eigenvalue weighted by Gasteiger charge is -2.17. The lowest BCUT2D eigenvalue weighted by atomic mass is 10.1. The number of para-hydroxylation sites is 4. The molecule has 10 nitrogen and oxygen atoms in total. The number of hydrogen-bond donors (Lipinski definition) is 2. The van der Waals surface area contributed by atoms with E-state index >= 15 is 0 Å². The molecule has 0 aliphatic heterocycles. The molecule has 0 amide bonds. The minimum absolute atomic E-state index is 0. The first-order valence-corrected chi connectivity index (χ1v) is 13.7. The molecule has 12 heteroatoms. The molecule has 0 radical (unpaired) electrons. The van der Waals surface area contributed by atoms with Crippen molar-refractivity contribution in [3.05, 3.63) is 119 Å². The Labute approximate surface area is 270 Å². The van der Waals surface area contributed by atoms with Gasteiger partial charge in [-0.1, -0.05) is 24.3 Å². The van der Waals surface area contributed by atoms with E-state index in [1.165, 1.54) is 27.7 Å². The Balaban J connectivity index is 0.000000295. The molecule has 0 aliphatic rings. The second-order valence-electron chi connectivity index (χ2n) is 10.7. The summed E-state index contributed by atoms with van der Waals surface area (Å²) in [5.74, 6) is 0. The van der Waals surface area contributed by atoms with E-state index in [0.29, 0.717) is 6.54 Å². The van der Waals surface area contributed by atoms with E-state index in [4.69, 9.17) is 0 Å². The van der Waals surface area contributed by atoms with Crippen molar-refractivity contribution in [1.29, 1.82) is 0 Å². The largest absolute Gasteiger partial charge is 1.00 e. The number of benzene rings is 4. The first-order valence-electron chi connectivity index (χ1n) is 13.7. The van der Waals surface area contributed by atoms with Crippen molar-refractivity contribution in [3.8, 4) is 0 Å². The predicted octanol–water partition coefficient (Wildman–Crippen LogP) is -1.95. The van der Waals surface area contributed by atoms with Gasteiger partial charge >= 0.3 is 0 Å². The summed E-state index contributed by atoms with van der Waals surface area (Å²) in [6.07, 6.45) is 3.68. The zero-order valence-corrected chi connectivity index (χ0v) is 26.6. The van der Waals surface area contributed by atoms with Crippen molar-refractivity contribution >= 4 is 44.8 Å². The van der Waals surface area contributed by atoms with E-state index in [-0.39, 0.29) is 36.9 Å². The zero-order valence-electron chi connectivity index (χ0n) is 25.1. The molecule has 2 heterocycles. The first kappa shape index (κ1) is 34.0. The molecule has 2 aromatic heterocycles. The fourth-order valence-electron chi connectivity index (χ4n) is 5.15. The van der Waals surface area contributed by atoms with Crippen LogP contribution in [0.4, 0.5) is 22.7 Å². The Morgan fingerprint density at radius 3 is 1.89 bits per heavy atom. The number of aromatic nitrogens is 4. The van der Waals surface area contributed by atoms with Gasteiger partial charge in [-0.3, -0.25) is 10.1 Å². The summed E-state index contributed by atoms with van der Waals surface area (Å²) in [5, 5.41) is 11.0. The van der Waals surface area contributed by atoms with Crippen molar-refractivity contribution in [3.63, 3.8) is 0 Å². The molecule has 0 spiro atoms. The van der Waals surface area contributed by atoms with Crippen molar-refractivity contribution in [2.45, 2.75) is 13.1 Å². The normalized spacial score (nSPS) is 10.6. The monoisotopic (exact) mass is 636 g/mol. The molecule has 0 saturated carbocycles. The van der Waals surface area contributed by atoms with Gasteiger partial charge in [0.25, 0.3) is 5.69 Å². The number of nitrogens with one attached hydrogen (secondary N) is 1. The van der Waals surface area contributed by atoms with Crippen LogP contribution in [0.1, 0.15) is 12.6 Å². The fourth-order valence-corrected chi connectivity index (χ4v) is 5.15. The van der Waals surface area contributed by atoms with Crippen LogP contribution in [0, 0.1) is 10.1 Å². The van der Waals surface area contributed by atoms with Gasteiger partial charge in [-0.2, -0.15) is 0 Å². The molecule has 0 fully saturated rings. The number of imidazole rings is 2. The van der Waals surface area contributed by atoms with Crippen LogP contribution in [0.25, 0.3) is 22.1 Å². The lowest BCUT2D eigenvalue weighted by Crippen LogP contribution is -3.00. The summed E-state index contributed by atoms with van der Waals surface area (Å²) in [6.45, 7) is 1.36. The van der Waals surface area contributed by atoms with Crippen molar-refractivity contribution in [1.82, 2.24) is 19.1 Å². The van der Waals surface area contributed by atoms with Gasteiger partial charge in [0.15, 0.2) is 0 Å². The van der Waals surface area contributed by atoms with Crippen LogP contribution in [0.2, 0.25) is 0 Å². The Hall–Kier alpha value is -4.48. The van der Waals surface area contributed by atoms with Crippen LogP contribution in [-0.4, -0.2) is 52.2 Å². The Kier molecular flexibility index (Phi) is 11.4. The molecule has 0 atom stereocenters. The van der Waals surface area contributed by atoms with Crippen molar-refractivity contribution < 1.29 is 41.8 Å². The van der Waals surface area contributed by atoms with Crippen LogP contribution in [-0.2, 0) is 13.1 Å². The number of nitro groups is 1. The van der Waals surface area contributed by atoms with Crippen LogP contribution in [0.15, 0.2) is 97.6 Å². The molecule has 4 N–H and O–H groups in total. The SMILES string of the molecule is CN(C)c1ccc([N+](=O)[O-])cc1Cn1cnc2ccccc21.C[NH+](C)c1ccc([NH3+])cc1Cn1cnc2ccccc21.[Cl-].[Cl-].[HH]. The maximum absolute atomic E-state index is 11.0. The van der Waals surface area contributed by atoms with E-state index in [0.717, 1.165) is 40.0 Å². The summed E-state index contributed by atoms with van der Waals surface area (Å²) in [5.41, 5.74) is 13.8. The summed E-state index contributed by atoms with van der Waals surface area (Å²) in [6, 6.07) is 27.4. The second kappa shape index (κ2) is 14.8. The number of nitrogens with zero attached hydrogens (tertiary/aromatic N) is 6. The Morgan fingerprint density at radius 1 is 0.818 bits per heavy atom. The van der Waals surface area contributed by atoms with Gasteiger partial charge in [0.1, 0.15) is 11.4 Å². The number of nitro benzene ring substituents is 1. The van der Waals surface area contributed by atoms with E-state index in [2.05, 4.69) is 64.7 Å². The highest BCUT2D eigenvalue weighted by Crippen LogP contribution is 2.26. The number of anilines is 1. The van der Waals surface area contributed by atoms with Gasteiger partial charge < -0.3 is 49.5 Å². The van der Waals surface area contributed by atoms with Crippen LogP contribution in [0.5, 0.6) is 0 Å². The van der Waals surface area contributed by atoms with Crippen LogP contribution in [0.3, 0.4) is 0 Å². The number of hydrogen-bond acceptors (Lipinski definition) is 5. The minimum Gasteiger partial charge on any atom is -1.00 e. The lowest BCUT2D eigenvalue weighted by molar-refractivity contribution is -0.786. The molecule has 0 unspecified atom stereocenters. The molecule has 6 rings (SSSR count). The highest BCUT2D eigenvalue weighted by atomic mass is 35.5. The van der Waals surface area contributed by atoms with Gasteiger partial charge in [-0.15, -0.1) is 0 Å². The molecular formula is C32H38Cl2N8O2. The van der Waals surface area contributed by atoms with E-state index < -0.39 is 0 Å². The third-order valence-electron chi connectivity index (χ3n) is 7.20. The van der Waals surface area contributed by atoms with Gasteiger partial charge in [0.05, 0.1) is 66.8 Å². The molecule has 0 aliphatic carbocycles. The number of halogens is 2. The summed E-state index contributed by atoms with van der Waals surface area (Å²) >= 11 is 0. The maximum atomic E-state index is 11.0. The number of rotatable bonds is 7. The highest BCUT2D eigenvalue weighted by molar-refractivity contribution is 5.76. The smallest absolute Gasteiger partial charge is 0.269 e. The standard InChI is InChI=1S/C16H16N4O2.C16H18N4.2ClH.H2/c1-18(2)15-8-7-13(20(21)22)9-12(15)10-19-11-17-14-5-3-4-6-16(14)19;1-19(2)15-8-7-13(17)9-12(15)10-20-11-18-14-5-3-4-6-16(14)20;;;/h3-9,11H,10H2,1-2H3;3-9,11H,10,17H2,1-2H3;3*1H. The predicted molar refractivity (Wildman–Crippen MR) is 169 cm³/mol. The van der Waals surface area contributed by atoms with Crippen molar-refractivity contribution in [2.75, 3.05) is 33.1 Å². The topological polar surface area (TPSA) is 114 Å². The molecule has 44 heavy (non-hydrogen) atoms. The third-order valence-corrected chi connectivity index (χ3v) is 7.20. The molecule has 4 aromatic carbocycles. The van der Waals surface area contributed by atoms with Crippen molar-refractivity contribution in [2.24, 2.45) is 0 Å². The maximum Gasteiger partial charge on any atom is 0.269 e. The fraction of sp³-hybridized carbons (Fsp3) is 0.188. The average molecular weight is 638 g/mol. The summed E-state index contributed by atoms with van der Waals surface area (Å²) < 4.78 is 4.19. The number of fused-ring (bicyclic) bond motifs is 2. The molecular weight excluding hydrogens is 599 g/mol. The van der Waals surface area contributed by atoms with Gasteiger partial charge in [0.2, 0.25) is 0 Å². The third kappa shape index (κ3) is 7.53. The molecule has 6 aromatic rings. The van der Waals surface area contributed by atoms with E-state index in [1.807, 2.05) is 66.3 Å². The van der Waals surface area contributed by atoms with Gasteiger partial charge in [-0.25, -0.2) is 9.97 Å². The van der Waals surface area contributed by atoms with E-state index in [9.17, 15) is 10.1 Å². The Bertz CT molecular complexity index is 1870. The molecule has 232 valence electrons. The minimum atomic E-state index is -0.366. The summed E-state index contributed by atoms with van der Waals surface area (Å²) in [4.78, 5) is 22.8. The van der Waals surface area contributed by atoms with Gasteiger partial charge in [0, 0.05) is 62.7 Å². The summed E-state index contributed by atoms with van der Waals surface area (Å²) in [7, 11) is 8.15. The molecule has 0 bridgehead atoms. The first-order chi connectivity index (χ1) is 20.2. The van der Waals surface area contributed by atoms with Crippen LogP contribution >= 0.6 is 0 Å². The number of quaternary nitrogens is 2. The number of non-ortho nitro benzene ring substituents is 1. The molecule has 0 saturated heterocycles.